The maximum atomic E-state index is 12.3. The van der Waals surface area contributed by atoms with Crippen LogP contribution in [0.25, 0.3) is 0 Å². The van der Waals surface area contributed by atoms with Gasteiger partial charge in [0.15, 0.2) is 0 Å². The number of benzene rings is 2. The molecule has 0 atom stereocenters. The summed E-state index contributed by atoms with van der Waals surface area (Å²) in [6.45, 7) is 2.40. The molecule has 0 amide bonds. The third-order valence-corrected chi connectivity index (χ3v) is 4.84. The second-order valence-corrected chi connectivity index (χ2v) is 6.95. The van der Waals surface area contributed by atoms with Gasteiger partial charge in [-0.2, -0.15) is 0 Å². The molecule has 0 unspecified atom stereocenters. The van der Waals surface area contributed by atoms with Crippen LogP contribution in [0.5, 0.6) is 0 Å². The molecule has 0 fully saturated rings. The fourth-order valence-corrected chi connectivity index (χ4v) is 3.22. The Morgan fingerprint density at radius 3 is 2.62 bits per heavy atom. The van der Waals surface area contributed by atoms with Crippen LogP contribution >= 0.6 is 11.6 Å². The van der Waals surface area contributed by atoms with Crippen LogP contribution in [-0.4, -0.2) is 8.42 Å². The summed E-state index contributed by atoms with van der Waals surface area (Å²) in [7, 11) is -3.57. The lowest BCUT2D eigenvalue weighted by atomic mass is 10.1. The van der Waals surface area contributed by atoms with Gasteiger partial charge in [0.2, 0.25) is 10.0 Å². The zero-order valence-electron chi connectivity index (χ0n) is 11.6. The first kappa shape index (κ1) is 16.0. The van der Waals surface area contributed by atoms with Crippen LogP contribution in [0.15, 0.2) is 47.4 Å². The number of aryl methyl sites for hydroxylation is 1. The van der Waals surface area contributed by atoms with E-state index in [0.29, 0.717) is 11.6 Å². The summed E-state index contributed by atoms with van der Waals surface area (Å²) in [5.41, 5.74) is 8.22. The maximum absolute atomic E-state index is 12.3. The molecule has 0 saturated heterocycles. The van der Waals surface area contributed by atoms with Crippen molar-refractivity contribution in [2.24, 2.45) is 5.73 Å². The molecule has 0 aliphatic carbocycles. The second-order valence-electron chi connectivity index (χ2n) is 4.75. The summed E-state index contributed by atoms with van der Waals surface area (Å²) in [5.74, 6) is 0. The van der Waals surface area contributed by atoms with Crippen molar-refractivity contribution in [3.63, 3.8) is 0 Å². The third kappa shape index (κ3) is 4.04. The number of hydrogen-bond donors (Lipinski definition) is 2. The molecule has 0 aliphatic heterocycles. The molecule has 0 radical (unpaired) electrons. The molecule has 2 aromatic rings. The average Bonchev–Trinajstić information content (AvgIpc) is 2.46. The molecule has 112 valence electrons. The zero-order valence-corrected chi connectivity index (χ0v) is 13.2. The minimum atomic E-state index is -3.57. The highest BCUT2D eigenvalue weighted by Crippen LogP contribution is 2.16. The van der Waals surface area contributed by atoms with Gasteiger partial charge in [-0.25, -0.2) is 13.1 Å². The molecule has 0 saturated carbocycles. The normalized spacial score (nSPS) is 11.6. The van der Waals surface area contributed by atoms with Crippen LogP contribution < -0.4 is 10.5 Å². The third-order valence-electron chi connectivity index (χ3n) is 3.21. The quantitative estimate of drug-likeness (QED) is 0.888. The van der Waals surface area contributed by atoms with Crippen molar-refractivity contribution in [2.45, 2.75) is 24.9 Å². The van der Waals surface area contributed by atoms with E-state index in [1.807, 2.05) is 13.0 Å². The van der Waals surface area contributed by atoms with Gasteiger partial charge in [0.05, 0.1) is 4.90 Å². The Bertz CT molecular complexity index is 745. The van der Waals surface area contributed by atoms with Crippen LogP contribution in [-0.2, 0) is 23.1 Å². The largest absolute Gasteiger partial charge is 0.326 e. The predicted molar refractivity (Wildman–Crippen MR) is 84.5 cm³/mol. The van der Waals surface area contributed by atoms with E-state index in [1.165, 1.54) is 0 Å². The van der Waals surface area contributed by atoms with Gasteiger partial charge in [-0.3, -0.25) is 0 Å². The lowest BCUT2D eigenvalue weighted by Gasteiger charge is -2.10. The lowest BCUT2D eigenvalue weighted by Crippen LogP contribution is -2.23. The summed E-state index contributed by atoms with van der Waals surface area (Å²) in [6.07, 6.45) is 0. The van der Waals surface area contributed by atoms with E-state index in [0.717, 1.165) is 16.7 Å². The molecule has 3 N–H and O–H groups in total. The van der Waals surface area contributed by atoms with Gasteiger partial charge in [0.25, 0.3) is 0 Å². The first-order chi connectivity index (χ1) is 9.92. The van der Waals surface area contributed by atoms with E-state index in [2.05, 4.69) is 4.72 Å². The lowest BCUT2D eigenvalue weighted by molar-refractivity contribution is 0.581. The van der Waals surface area contributed by atoms with Crippen LogP contribution in [0.2, 0.25) is 5.02 Å². The monoisotopic (exact) mass is 324 g/mol. The highest BCUT2D eigenvalue weighted by Gasteiger charge is 2.14. The average molecular weight is 325 g/mol. The van der Waals surface area contributed by atoms with Gasteiger partial charge in [-0.15, -0.1) is 0 Å². The van der Waals surface area contributed by atoms with Crippen LogP contribution in [0.3, 0.4) is 0 Å². The second kappa shape index (κ2) is 6.58. The van der Waals surface area contributed by atoms with Crippen molar-refractivity contribution in [1.82, 2.24) is 4.72 Å². The van der Waals surface area contributed by atoms with Gasteiger partial charge in [0.1, 0.15) is 0 Å². The number of nitrogens with two attached hydrogens (primary N) is 1. The van der Waals surface area contributed by atoms with Crippen LogP contribution in [0, 0.1) is 6.92 Å². The highest BCUT2D eigenvalue weighted by atomic mass is 35.5. The van der Waals surface area contributed by atoms with Crippen molar-refractivity contribution < 1.29 is 8.42 Å². The van der Waals surface area contributed by atoms with E-state index in [-0.39, 0.29) is 11.4 Å². The standard InChI is InChI=1S/C15H17ClN2O2S/c1-11-5-6-15(8-13(11)9-17)21(19,20)18-10-12-3-2-4-14(16)7-12/h2-8,18H,9-10,17H2,1H3. The minimum Gasteiger partial charge on any atom is -0.326 e. The van der Waals surface area contributed by atoms with Gasteiger partial charge in [-0.1, -0.05) is 29.8 Å². The van der Waals surface area contributed by atoms with Gasteiger partial charge < -0.3 is 5.73 Å². The highest BCUT2D eigenvalue weighted by molar-refractivity contribution is 7.89. The van der Waals surface area contributed by atoms with Crippen LogP contribution in [0.4, 0.5) is 0 Å². The molecule has 6 heteroatoms. The Morgan fingerprint density at radius 1 is 1.19 bits per heavy atom. The van der Waals surface area contributed by atoms with E-state index < -0.39 is 10.0 Å². The molecule has 2 aromatic carbocycles. The molecular weight excluding hydrogens is 308 g/mol. The van der Waals surface area contributed by atoms with Crippen molar-refractivity contribution in [3.8, 4) is 0 Å². The summed E-state index contributed by atoms with van der Waals surface area (Å²) < 4.78 is 27.1. The zero-order chi connectivity index (χ0) is 15.5. The summed E-state index contributed by atoms with van der Waals surface area (Å²) >= 11 is 5.88. The number of sulfonamides is 1. The van der Waals surface area contributed by atoms with E-state index in [1.54, 1.807) is 36.4 Å². The van der Waals surface area contributed by atoms with Gasteiger partial charge >= 0.3 is 0 Å². The van der Waals surface area contributed by atoms with Gasteiger partial charge in [0, 0.05) is 18.1 Å². The molecule has 21 heavy (non-hydrogen) atoms. The Kier molecular flexibility index (Phi) is 5.00. The van der Waals surface area contributed by atoms with E-state index in [4.69, 9.17) is 17.3 Å². The predicted octanol–water partition coefficient (Wildman–Crippen LogP) is 2.59. The number of hydrogen-bond acceptors (Lipinski definition) is 3. The van der Waals surface area contributed by atoms with Crippen molar-refractivity contribution in [3.05, 3.63) is 64.2 Å². The van der Waals surface area contributed by atoms with Crippen molar-refractivity contribution in [2.75, 3.05) is 0 Å². The molecule has 0 aromatic heterocycles. The number of nitrogens with one attached hydrogen (secondary N) is 1. The smallest absolute Gasteiger partial charge is 0.240 e. The van der Waals surface area contributed by atoms with E-state index in [9.17, 15) is 8.42 Å². The topological polar surface area (TPSA) is 72.2 Å². The number of rotatable bonds is 5. The first-order valence-electron chi connectivity index (χ1n) is 6.46. The first-order valence-corrected chi connectivity index (χ1v) is 8.32. The minimum absolute atomic E-state index is 0.189. The van der Waals surface area contributed by atoms with Crippen molar-refractivity contribution in [1.29, 1.82) is 0 Å². The fraction of sp³-hybridized carbons (Fsp3) is 0.200. The van der Waals surface area contributed by atoms with E-state index >= 15 is 0 Å². The summed E-state index contributed by atoms with van der Waals surface area (Å²) in [5, 5.41) is 0.576. The van der Waals surface area contributed by atoms with Gasteiger partial charge in [-0.05, 0) is 47.9 Å². The van der Waals surface area contributed by atoms with Crippen molar-refractivity contribution >= 4 is 21.6 Å². The Balaban J connectivity index is 2.18. The molecule has 0 heterocycles. The summed E-state index contributed by atoms with van der Waals surface area (Å²) in [6, 6.07) is 12.0. The number of halogens is 1. The molecule has 0 aliphatic rings. The molecular formula is C15H17ClN2O2S. The fourth-order valence-electron chi connectivity index (χ4n) is 1.94. The Labute approximate surface area is 130 Å². The molecule has 4 nitrogen and oxygen atoms in total. The SMILES string of the molecule is Cc1ccc(S(=O)(=O)NCc2cccc(Cl)c2)cc1CN. The molecule has 0 bridgehead atoms. The Hall–Kier alpha value is -1.40. The maximum Gasteiger partial charge on any atom is 0.240 e. The van der Waals surface area contributed by atoms with Crippen LogP contribution in [0.1, 0.15) is 16.7 Å². The Morgan fingerprint density at radius 2 is 1.95 bits per heavy atom. The summed E-state index contributed by atoms with van der Waals surface area (Å²) in [4.78, 5) is 0.218. The molecule has 2 rings (SSSR count). The molecule has 0 spiro atoms.